The highest BCUT2D eigenvalue weighted by Crippen LogP contribution is 2.15. The molecule has 114 valence electrons. The molecule has 1 fully saturated rings. The van der Waals surface area contributed by atoms with Crippen molar-refractivity contribution >= 4 is 11.6 Å². The van der Waals surface area contributed by atoms with Crippen molar-refractivity contribution in [1.82, 2.24) is 4.90 Å². The van der Waals surface area contributed by atoms with Crippen molar-refractivity contribution in [2.75, 3.05) is 25.6 Å². The van der Waals surface area contributed by atoms with Crippen molar-refractivity contribution in [2.24, 2.45) is 0 Å². The van der Waals surface area contributed by atoms with Gasteiger partial charge in [0.05, 0.1) is 12.7 Å². The van der Waals surface area contributed by atoms with E-state index in [9.17, 15) is 0 Å². The van der Waals surface area contributed by atoms with Gasteiger partial charge in [-0.3, -0.25) is 4.90 Å². The Hall–Kier alpha value is 0.210. The number of alkyl halides is 1. The number of unbranched alkanes of at least 4 members (excludes halogenated alkanes) is 7. The van der Waals surface area contributed by atoms with Crippen molar-refractivity contribution < 1.29 is 4.74 Å². The molecule has 0 radical (unpaired) electrons. The summed E-state index contributed by atoms with van der Waals surface area (Å²) in [5.41, 5.74) is 0. The lowest BCUT2D eigenvalue weighted by atomic mass is 10.1. The van der Waals surface area contributed by atoms with E-state index in [0.29, 0.717) is 11.9 Å². The largest absolute Gasteiger partial charge is 0.374 e. The predicted molar refractivity (Wildman–Crippen MR) is 84.1 cm³/mol. The van der Waals surface area contributed by atoms with Crippen LogP contribution >= 0.6 is 11.6 Å². The number of halogens is 1. The highest BCUT2D eigenvalue weighted by atomic mass is 35.5. The van der Waals surface area contributed by atoms with Crippen molar-refractivity contribution in [3.05, 3.63) is 0 Å². The van der Waals surface area contributed by atoms with Gasteiger partial charge >= 0.3 is 0 Å². The molecule has 0 N–H and O–H groups in total. The average molecular weight is 290 g/mol. The van der Waals surface area contributed by atoms with E-state index in [0.717, 1.165) is 13.2 Å². The Morgan fingerprint density at radius 2 is 1.68 bits per heavy atom. The van der Waals surface area contributed by atoms with Gasteiger partial charge in [-0.2, -0.15) is 0 Å². The van der Waals surface area contributed by atoms with Crippen LogP contribution in [0.2, 0.25) is 0 Å². The molecule has 1 rings (SSSR count). The monoisotopic (exact) mass is 289 g/mol. The Labute approximate surface area is 124 Å². The smallest absolute Gasteiger partial charge is 0.0837 e. The lowest BCUT2D eigenvalue weighted by Gasteiger charge is -2.37. The molecule has 1 aliphatic heterocycles. The maximum atomic E-state index is 5.89. The van der Waals surface area contributed by atoms with Crippen LogP contribution in [0.5, 0.6) is 0 Å². The first-order chi connectivity index (χ1) is 9.27. The molecule has 0 aromatic rings. The Morgan fingerprint density at radius 3 is 2.32 bits per heavy atom. The second-order valence-electron chi connectivity index (χ2n) is 5.93. The van der Waals surface area contributed by atoms with Gasteiger partial charge in [-0.05, 0) is 19.9 Å². The van der Waals surface area contributed by atoms with Gasteiger partial charge < -0.3 is 4.74 Å². The molecule has 2 nitrogen and oxygen atoms in total. The number of ether oxygens (including phenoxy) is 1. The first-order valence-corrected chi connectivity index (χ1v) is 8.73. The molecular formula is C16H32ClNO. The van der Waals surface area contributed by atoms with E-state index < -0.39 is 0 Å². The summed E-state index contributed by atoms with van der Waals surface area (Å²) >= 11 is 5.89. The van der Waals surface area contributed by atoms with E-state index in [1.165, 1.54) is 57.9 Å². The molecule has 0 saturated carbocycles. The molecule has 1 saturated heterocycles. The van der Waals surface area contributed by atoms with Crippen molar-refractivity contribution in [2.45, 2.75) is 77.4 Å². The lowest BCUT2D eigenvalue weighted by Crippen LogP contribution is -2.49. The van der Waals surface area contributed by atoms with E-state index in [2.05, 4.69) is 18.7 Å². The van der Waals surface area contributed by atoms with Gasteiger partial charge in [0.15, 0.2) is 0 Å². The number of hydrogen-bond donors (Lipinski definition) is 0. The molecule has 0 spiro atoms. The standard InChI is InChI=1S/C16H32ClNO/c1-3-4-5-6-7-8-9-10-11-18-13-16(12-17)19-14-15(18)2/h15-16H,3-14H2,1-2H3. The normalized spacial score (nSPS) is 24.8. The Balaban J connectivity index is 1.98. The molecule has 1 heterocycles. The van der Waals surface area contributed by atoms with Crippen LogP contribution in [-0.2, 0) is 4.74 Å². The highest BCUT2D eigenvalue weighted by molar-refractivity contribution is 6.18. The van der Waals surface area contributed by atoms with E-state index in [-0.39, 0.29) is 6.10 Å². The van der Waals surface area contributed by atoms with E-state index in [1.54, 1.807) is 0 Å². The molecule has 0 aliphatic carbocycles. The summed E-state index contributed by atoms with van der Waals surface area (Å²) in [6.07, 6.45) is 11.4. The fourth-order valence-electron chi connectivity index (χ4n) is 2.73. The lowest BCUT2D eigenvalue weighted by molar-refractivity contribution is -0.0480. The second kappa shape index (κ2) is 10.9. The van der Waals surface area contributed by atoms with Crippen LogP contribution in [0.4, 0.5) is 0 Å². The molecule has 1 aliphatic rings. The van der Waals surface area contributed by atoms with Gasteiger partial charge in [-0.25, -0.2) is 0 Å². The summed E-state index contributed by atoms with van der Waals surface area (Å²) in [7, 11) is 0. The molecule has 2 unspecified atom stereocenters. The summed E-state index contributed by atoms with van der Waals surface area (Å²) in [6.45, 7) is 7.61. The minimum Gasteiger partial charge on any atom is -0.374 e. The molecule has 3 heteroatoms. The van der Waals surface area contributed by atoms with E-state index >= 15 is 0 Å². The summed E-state index contributed by atoms with van der Waals surface area (Å²) in [5, 5.41) is 0. The number of morpholine rings is 1. The minimum absolute atomic E-state index is 0.243. The Kier molecular flexibility index (Phi) is 9.93. The number of hydrogen-bond acceptors (Lipinski definition) is 2. The highest BCUT2D eigenvalue weighted by Gasteiger charge is 2.24. The van der Waals surface area contributed by atoms with Crippen molar-refractivity contribution in [1.29, 1.82) is 0 Å². The van der Waals surface area contributed by atoms with Gasteiger partial charge in [-0.15, -0.1) is 11.6 Å². The van der Waals surface area contributed by atoms with Crippen LogP contribution in [-0.4, -0.2) is 42.6 Å². The third-order valence-electron chi connectivity index (χ3n) is 4.11. The van der Waals surface area contributed by atoms with Crippen LogP contribution in [0.15, 0.2) is 0 Å². The first-order valence-electron chi connectivity index (χ1n) is 8.19. The molecule has 0 bridgehead atoms. The fraction of sp³-hybridized carbons (Fsp3) is 1.00. The van der Waals surface area contributed by atoms with Crippen molar-refractivity contribution in [3.8, 4) is 0 Å². The van der Waals surface area contributed by atoms with Crippen LogP contribution in [0.1, 0.15) is 65.2 Å². The quantitative estimate of drug-likeness (QED) is 0.435. The Bertz CT molecular complexity index is 213. The zero-order valence-electron chi connectivity index (χ0n) is 12.9. The Morgan fingerprint density at radius 1 is 1.05 bits per heavy atom. The summed E-state index contributed by atoms with van der Waals surface area (Å²) < 4.78 is 5.68. The van der Waals surface area contributed by atoms with Gasteiger partial charge in [0, 0.05) is 18.5 Å². The van der Waals surface area contributed by atoms with Gasteiger partial charge in [0.1, 0.15) is 0 Å². The third kappa shape index (κ3) is 7.53. The third-order valence-corrected chi connectivity index (χ3v) is 4.45. The zero-order valence-corrected chi connectivity index (χ0v) is 13.6. The molecule has 19 heavy (non-hydrogen) atoms. The van der Waals surface area contributed by atoms with Crippen LogP contribution in [0, 0.1) is 0 Å². The van der Waals surface area contributed by atoms with Crippen LogP contribution in [0.25, 0.3) is 0 Å². The van der Waals surface area contributed by atoms with Crippen LogP contribution in [0.3, 0.4) is 0 Å². The number of nitrogens with zero attached hydrogens (tertiary/aromatic N) is 1. The molecular weight excluding hydrogens is 258 g/mol. The summed E-state index contributed by atoms with van der Waals surface area (Å²) in [6, 6.07) is 0.559. The van der Waals surface area contributed by atoms with E-state index in [1.807, 2.05) is 0 Å². The molecule has 0 aromatic carbocycles. The molecule has 0 aromatic heterocycles. The second-order valence-corrected chi connectivity index (χ2v) is 6.24. The number of rotatable bonds is 10. The van der Waals surface area contributed by atoms with Gasteiger partial charge in [0.25, 0.3) is 0 Å². The topological polar surface area (TPSA) is 12.5 Å². The maximum Gasteiger partial charge on any atom is 0.0837 e. The SMILES string of the molecule is CCCCCCCCCCN1CC(CCl)OCC1C. The maximum absolute atomic E-state index is 5.89. The minimum atomic E-state index is 0.243. The fourth-order valence-corrected chi connectivity index (χ4v) is 2.92. The van der Waals surface area contributed by atoms with E-state index in [4.69, 9.17) is 16.3 Å². The van der Waals surface area contributed by atoms with Gasteiger partial charge in [0.2, 0.25) is 0 Å². The predicted octanol–water partition coefficient (Wildman–Crippen LogP) is 4.46. The summed E-state index contributed by atoms with van der Waals surface area (Å²) in [4.78, 5) is 2.55. The first kappa shape index (κ1) is 17.3. The van der Waals surface area contributed by atoms with Crippen molar-refractivity contribution in [3.63, 3.8) is 0 Å². The molecule has 2 atom stereocenters. The summed E-state index contributed by atoms with van der Waals surface area (Å²) in [5.74, 6) is 0.626. The average Bonchev–Trinajstić information content (AvgIpc) is 2.43. The van der Waals surface area contributed by atoms with Gasteiger partial charge in [-0.1, -0.05) is 51.9 Å². The van der Waals surface area contributed by atoms with Crippen LogP contribution < -0.4 is 0 Å². The zero-order chi connectivity index (χ0) is 13.9. The molecule has 0 amide bonds.